The zero-order valence-corrected chi connectivity index (χ0v) is 26.3. The third kappa shape index (κ3) is 6.19. The monoisotopic (exact) mass is 602 g/mol. The third-order valence-corrected chi connectivity index (χ3v) is 8.60. The normalized spacial score (nSPS) is 19.8. The van der Waals surface area contributed by atoms with Gasteiger partial charge in [0.25, 0.3) is 0 Å². The summed E-state index contributed by atoms with van der Waals surface area (Å²) in [4.78, 5) is 33.9. The van der Waals surface area contributed by atoms with E-state index in [1.54, 1.807) is 4.90 Å². The zero-order valence-electron chi connectivity index (χ0n) is 25.5. The second kappa shape index (κ2) is 11.8. The second-order valence-electron chi connectivity index (χ2n) is 12.6. The highest BCUT2D eigenvalue weighted by molar-refractivity contribution is 6.36. The number of benzene rings is 2. The summed E-state index contributed by atoms with van der Waals surface area (Å²) in [6.45, 7) is 11.0. The van der Waals surface area contributed by atoms with E-state index >= 15 is 0 Å². The number of pyridine rings is 1. The predicted octanol–water partition coefficient (Wildman–Crippen LogP) is 6.42. The Hall–Kier alpha value is -3.69. The number of anilines is 1. The van der Waals surface area contributed by atoms with Crippen LogP contribution in [0.15, 0.2) is 48.5 Å². The molecular weight excluding hydrogens is 564 g/mol. The minimum atomic E-state index is -0.548. The predicted molar refractivity (Wildman–Crippen MR) is 171 cm³/mol. The van der Waals surface area contributed by atoms with Crippen LogP contribution in [0.2, 0.25) is 5.02 Å². The summed E-state index contributed by atoms with van der Waals surface area (Å²) < 4.78 is 11.9. The van der Waals surface area contributed by atoms with Crippen molar-refractivity contribution in [2.24, 2.45) is 0 Å². The van der Waals surface area contributed by atoms with E-state index in [9.17, 15) is 4.79 Å². The highest BCUT2D eigenvalue weighted by Gasteiger charge is 2.32. The number of piperazine rings is 1. The smallest absolute Gasteiger partial charge is 0.410 e. The van der Waals surface area contributed by atoms with Crippen molar-refractivity contribution in [3.8, 4) is 17.3 Å². The molecule has 43 heavy (non-hydrogen) atoms. The van der Waals surface area contributed by atoms with Gasteiger partial charge in [-0.05, 0) is 77.7 Å². The van der Waals surface area contributed by atoms with Crippen LogP contribution in [-0.4, -0.2) is 88.4 Å². The average Bonchev–Trinajstić information content (AvgIpc) is 3.38. The molecule has 0 N–H and O–H groups in total. The van der Waals surface area contributed by atoms with Crippen LogP contribution in [-0.2, 0) is 4.74 Å². The summed E-state index contributed by atoms with van der Waals surface area (Å²) >= 11 is 6.66. The van der Waals surface area contributed by atoms with E-state index in [0.717, 1.165) is 52.6 Å². The molecule has 0 radical (unpaired) electrons. The number of likely N-dealkylation sites (N-methyl/N-ethyl adjacent to an activating group) is 1. The zero-order chi connectivity index (χ0) is 30.3. The Morgan fingerprint density at radius 2 is 1.81 bits per heavy atom. The number of halogens is 1. The van der Waals surface area contributed by atoms with Crippen molar-refractivity contribution < 1.29 is 14.3 Å². The lowest BCUT2D eigenvalue weighted by Crippen LogP contribution is -2.55. The first-order chi connectivity index (χ1) is 20.6. The number of aromatic nitrogens is 3. The lowest BCUT2D eigenvalue weighted by Gasteiger charge is -2.40. The Balaban J connectivity index is 1.36. The Kier molecular flexibility index (Phi) is 8.04. The fourth-order valence-electron chi connectivity index (χ4n) is 6.04. The van der Waals surface area contributed by atoms with E-state index in [1.165, 1.54) is 0 Å². The first-order valence-corrected chi connectivity index (χ1v) is 15.4. The van der Waals surface area contributed by atoms with Crippen LogP contribution in [0.5, 0.6) is 6.01 Å². The van der Waals surface area contributed by atoms with Crippen molar-refractivity contribution in [3.05, 3.63) is 53.6 Å². The van der Waals surface area contributed by atoms with Crippen LogP contribution in [0.3, 0.4) is 0 Å². The van der Waals surface area contributed by atoms with Crippen LogP contribution in [0, 0.1) is 0 Å². The van der Waals surface area contributed by atoms with Gasteiger partial charge in [0, 0.05) is 47.7 Å². The molecule has 0 saturated carbocycles. The maximum absolute atomic E-state index is 12.9. The van der Waals surface area contributed by atoms with Gasteiger partial charge in [-0.1, -0.05) is 41.9 Å². The van der Waals surface area contributed by atoms with Crippen LogP contribution in [0.4, 0.5) is 10.6 Å². The molecule has 2 aliphatic rings. The molecule has 4 aromatic rings. The van der Waals surface area contributed by atoms with Gasteiger partial charge in [0.1, 0.15) is 18.0 Å². The Morgan fingerprint density at radius 3 is 2.53 bits per heavy atom. The van der Waals surface area contributed by atoms with E-state index in [4.69, 9.17) is 36.0 Å². The fourth-order valence-corrected chi connectivity index (χ4v) is 6.32. The molecule has 1 unspecified atom stereocenters. The number of fused-ring (bicyclic) bond motifs is 2. The molecule has 0 bridgehead atoms. The summed E-state index contributed by atoms with van der Waals surface area (Å²) in [6, 6.07) is 16.6. The molecule has 2 aliphatic heterocycles. The number of rotatable bonds is 5. The minimum Gasteiger partial charge on any atom is -0.462 e. The highest BCUT2D eigenvalue weighted by atomic mass is 35.5. The topological polar surface area (TPSA) is 83.9 Å². The number of likely N-dealkylation sites (tertiary alicyclic amines) is 1. The number of hydrogen-bond acceptors (Lipinski definition) is 8. The molecule has 2 aromatic heterocycles. The molecule has 6 rings (SSSR count). The largest absolute Gasteiger partial charge is 0.462 e. The van der Waals surface area contributed by atoms with Crippen molar-refractivity contribution in [2.45, 2.75) is 58.2 Å². The van der Waals surface area contributed by atoms with E-state index in [0.29, 0.717) is 49.0 Å². The van der Waals surface area contributed by atoms with Gasteiger partial charge < -0.3 is 24.2 Å². The molecule has 2 atom stereocenters. The van der Waals surface area contributed by atoms with E-state index < -0.39 is 5.60 Å². The second-order valence-corrected chi connectivity index (χ2v) is 13.0. The Labute approximate surface area is 257 Å². The number of carbonyl (C=O) groups excluding carboxylic acids is 1. The number of ether oxygens (including phenoxy) is 2. The Bertz CT molecular complexity index is 1650. The van der Waals surface area contributed by atoms with E-state index in [-0.39, 0.29) is 12.1 Å². The molecule has 4 heterocycles. The summed E-state index contributed by atoms with van der Waals surface area (Å²) in [5, 5.41) is 3.52. The quantitative estimate of drug-likeness (QED) is 0.259. The minimum absolute atomic E-state index is 0.0739. The highest BCUT2D eigenvalue weighted by Crippen LogP contribution is 2.35. The SMILES string of the molecule is C[C@@H]1CN(c2nc(OCC3CCCN3C)nc3nc(-c4cccc5cccc(Cl)c45)ccc23)CCN1C(=O)OC(C)(C)C. The van der Waals surface area contributed by atoms with Crippen molar-refractivity contribution >= 4 is 45.3 Å². The molecule has 10 heteroatoms. The lowest BCUT2D eigenvalue weighted by molar-refractivity contribution is 0.0158. The van der Waals surface area contributed by atoms with Gasteiger partial charge in [0.15, 0.2) is 5.65 Å². The number of nitrogens with zero attached hydrogens (tertiary/aromatic N) is 6. The number of amides is 1. The van der Waals surface area contributed by atoms with Gasteiger partial charge >= 0.3 is 12.1 Å². The standard InChI is InChI=1S/C33H39ClN6O3/c1-21-19-39(17-18-40(21)32(41)43-33(2,3)4)30-25-14-15-27(24-12-6-9-22-10-7-13-26(34)28(22)24)35-29(25)36-31(37-30)42-20-23-11-8-16-38(23)5/h6-7,9-10,12-15,21,23H,8,11,16-20H2,1-5H3/t21-,23?/m1/s1. The Morgan fingerprint density at radius 1 is 1.02 bits per heavy atom. The van der Waals surface area contributed by atoms with Crippen LogP contribution in [0.1, 0.15) is 40.5 Å². The van der Waals surface area contributed by atoms with Crippen molar-refractivity contribution in [3.63, 3.8) is 0 Å². The maximum Gasteiger partial charge on any atom is 0.410 e. The molecule has 9 nitrogen and oxygen atoms in total. The van der Waals surface area contributed by atoms with Gasteiger partial charge in [0.05, 0.1) is 11.1 Å². The van der Waals surface area contributed by atoms with Gasteiger partial charge in [0.2, 0.25) is 0 Å². The molecule has 226 valence electrons. The molecular formula is C33H39ClN6O3. The van der Waals surface area contributed by atoms with Crippen molar-refractivity contribution in [1.82, 2.24) is 24.8 Å². The first-order valence-electron chi connectivity index (χ1n) is 15.0. The molecule has 0 spiro atoms. The van der Waals surface area contributed by atoms with Gasteiger partial charge in [-0.3, -0.25) is 0 Å². The number of carbonyl (C=O) groups is 1. The fraction of sp³-hybridized carbons (Fsp3) is 0.455. The summed E-state index contributed by atoms with van der Waals surface area (Å²) in [6.07, 6.45) is 1.95. The van der Waals surface area contributed by atoms with Crippen LogP contribution in [0.25, 0.3) is 33.1 Å². The van der Waals surface area contributed by atoms with Crippen LogP contribution >= 0.6 is 11.6 Å². The van der Waals surface area contributed by atoms with E-state index in [1.807, 2.05) is 64.1 Å². The summed E-state index contributed by atoms with van der Waals surface area (Å²) in [5.41, 5.74) is 1.73. The van der Waals surface area contributed by atoms with Gasteiger partial charge in [-0.25, -0.2) is 9.78 Å². The van der Waals surface area contributed by atoms with Gasteiger partial charge in [-0.15, -0.1) is 0 Å². The summed E-state index contributed by atoms with van der Waals surface area (Å²) in [7, 11) is 2.13. The van der Waals surface area contributed by atoms with Crippen LogP contribution < -0.4 is 9.64 Å². The first kappa shape index (κ1) is 29.4. The lowest BCUT2D eigenvalue weighted by atomic mass is 10.0. The molecule has 2 saturated heterocycles. The molecule has 2 aromatic carbocycles. The average molecular weight is 603 g/mol. The molecule has 2 fully saturated rings. The molecule has 0 aliphatic carbocycles. The maximum atomic E-state index is 12.9. The van der Waals surface area contributed by atoms with Crippen molar-refractivity contribution in [2.75, 3.05) is 44.7 Å². The summed E-state index contributed by atoms with van der Waals surface area (Å²) in [5.74, 6) is 0.755. The number of hydrogen-bond donors (Lipinski definition) is 0. The van der Waals surface area contributed by atoms with Crippen molar-refractivity contribution in [1.29, 1.82) is 0 Å². The van der Waals surface area contributed by atoms with E-state index in [2.05, 4.69) is 29.0 Å². The third-order valence-electron chi connectivity index (χ3n) is 8.28. The van der Waals surface area contributed by atoms with Gasteiger partial charge in [-0.2, -0.15) is 9.97 Å². The molecule has 1 amide bonds.